The quantitative estimate of drug-likeness (QED) is 0.178. The highest BCUT2D eigenvalue weighted by Gasteiger charge is 2.28. The minimum Gasteiger partial charge on any atom is -0.456 e. The zero-order valence-electron chi connectivity index (χ0n) is 30.2. The molecule has 264 valence electrons. The molecule has 0 fully saturated rings. The van der Waals surface area contributed by atoms with E-state index in [2.05, 4.69) is 180 Å². The topological polar surface area (TPSA) is 62.7 Å². The van der Waals surface area contributed by atoms with Crippen molar-refractivity contribution in [3.05, 3.63) is 193 Å². The van der Waals surface area contributed by atoms with Gasteiger partial charge in [-0.1, -0.05) is 133 Å². The molecule has 0 bridgehead atoms. The molecule has 2 N–H and O–H groups in total. The van der Waals surface area contributed by atoms with Crippen molar-refractivity contribution in [2.45, 2.75) is 12.3 Å². The summed E-state index contributed by atoms with van der Waals surface area (Å²) in [6.07, 6.45) is -0.564. The van der Waals surface area contributed by atoms with Crippen molar-refractivity contribution < 1.29 is 8.83 Å². The molecule has 12 rings (SSSR count). The molecule has 0 aliphatic carbocycles. The minimum atomic E-state index is -0.299. The van der Waals surface area contributed by atoms with Crippen LogP contribution in [0.15, 0.2) is 190 Å². The number of nitrogens with zero attached hydrogens (tertiary/aromatic N) is 1. The minimum absolute atomic E-state index is 0.265. The lowest BCUT2D eigenvalue weighted by atomic mass is 9.95. The van der Waals surface area contributed by atoms with Gasteiger partial charge in [0.15, 0.2) is 0 Å². The predicted octanol–water partition coefficient (Wildman–Crippen LogP) is 12.9. The summed E-state index contributed by atoms with van der Waals surface area (Å²) in [6, 6.07) is 62.2. The smallest absolute Gasteiger partial charge is 0.136 e. The van der Waals surface area contributed by atoms with Crippen LogP contribution in [0.1, 0.15) is 29.0 Å². The molecular formula is C51H33N3O2. The van der Waals surface area contributed by atoms with Crippen molar-refractivity contribution in [3.63, 3.8) is 0 Å². The van der Waals surface area contributed by atoms with Crippen LogP contribution in [0.4, 0.5) is 0 Å². The fourth-order valence-corrected chi connectivity index (χ4v) is 8.84. The van der Waals surface area contributed by atoms with Crippen LogP contribution in [0.5, 0.6) is 0 Å². The molecule has 1 aliphatic rings. The number of nitrogens with one attached hydrogen (secondary N) is 2. The monoisotopic (exact) mass is 719 g/mol. The van der Waals surface area contributed by atoms with Crippen LogP contribution >= 0.6 is 0 Å². The molecule has 2 atom stereocenters. The van der Waals surface area contributed by atoms with Gasteiger partial charge in [-0.2, -0.15) is 0 Å². The van der Waals surface area contributed by atoms with Crippen LogP contribution < -0.4 is 10.6 Å². The highest BCUT2D eigenvalue weighted by Crippen LogP contribution is 2.42. The van der Waals surface area contributed by atoms with E-state index in [-0.39, 0.29) is 12.3 Å². The summed E-state index contributed by atoms with van der Waals surface area (Å²) in [6.45, 7) is 0. The Morgan fingerprint density at radius 2 is 1.12 bits per heavy atom. The van der Waals surface area contributed by atoms with E-state index in [1.807, 2.05) is 6.07 Å². The molecule has 0 saturated heterocycles. The molecule has 2 unspecified atom stereocenters. The fraction of sp³-hybridized carbons (Fsp3) is 0.0392. The van der Waals surface area contributed by atoms with Gasteiger partial charge >= 0.3 is 0 Å². The summed E-state index contributed by atoms with van der Waals surface area (Å²) in [5, 5.41) is 19.3. The summed E-state index contributed by atoms with van der Waals surface area (Å²) >= 11 is 0. The van der Waals surface area contributed by atoms with E-state index in [4.69, 9.17) is 13.8 Å². The Morgan fingerprint density at radius 3 is 2.00 bits per heavy atom. The number of hydrogen-bond donors (Lipinski definition) is 2. The van der Waals surface area contributed by atoms with Gasteiger partial charge in [0.2, 0.25) is 0 Å². The van der Waals surface area contributed by atoms with E-state index in [1.165, 1.54) is 32.3 Å². The summed E-state index contributed by atoms with van der Waals surface area (Å²) in [5.74, 6) is 0.842. The Labute approximate surface area is 321 Å². The first kappa shape index (κ1) is 31.2. The molecule has 0 amide bonds. The molecule has 3 heterocycles. The number of aliphatic imine (C=N–C) groups is 1. The molecule has 5 heteroatoms. The lowest BCUT2D eigenvalue weighted by Gasteiger charge is -2.32. The first-order valence-corrected chi connectivity index (χ1v) is 19.1. The zero-order valence-corrected chi connectivity index (χ0v) is 30.2. The van der Waals surface area contributed by atoms with E-state index < -0.39 is 0 Å². The maximum Gasteiger partial charge on any atom is 0.136 e. The highest BCUT2D eigenvalue weighted by molar-refractivity contribution is 6.17. The highest BCUT2D eigenvalue weighted by atomic mass is 16.3. The average molecular weight is 720 g/mol. The standard InChI is InChI=1S/C51H33N3O2/c1-2-11-32(12-3-1)49-52-50(36-23-22-31-21-20-30-10-6-7-15-37(30)40(31)28-36)54-51(53-49)39-17-9-19-45-48(39)41-27-35(24-25-43(41)55-45)38-16-8-18-44-47(38)42-26-33-13-4-5-14-34(33)29-46(42)56-44/h1-29,50-51,54H,(H,52,53). The van der Waals surface area contributed by atoms with Crippen molar-refractivity contribution in [2.75, 3.05) is 0 Å². The number of hydrogen-bond acceptors (Lipinski definition) is 5. The molecule has 56 heavy (non-hydrogen) atoms. The second kappa shape index (κ2) is 12.2. The maximum atomic E-state index is 6.57. The molecule has 1 aliphatic heterocycles. The average Bonchev–Trinajstić information content (AvgIpc) is 3.83. The summed E-state index contributed by atoms with van der Waals surface area (Å²) in [4.78, 5) is 5.30. The van der Waals surface area contributed by atoms with Crippen molar-refractivity contribution >= 4 is 82.0 Å². The number of fused-ring (bicyclic) bond motifs is 10. The maximum absolute atomic E-state index is 6.57. The van der Waals surface area contributed by atoms with Gasteiger partial charge < -0.3 is 14.2 Å². The SMILES string of the molecule is c1ccc(C2=NC(c3ccc4ccc5ccccc5c4c3)NC(c3cccc4oc5ccc(-c6cccc7oc8cc9ccccc9cc8c67)cc5c34)N2)cc1. The summed E-state index contributed by atoms with van der Waals surface area (Å²) in [7, 11) is 0. The predicted molar refractivity (Wildman–Crippen MR) is 230 cm³/mol. The third-order valence-electron chi connectivity index (χ3n) is 11.5. The second-order valence-corrected chi connectivity index (χ2v) is 14.8. The zero-order chi connectivity index (χ0) is 36.7. The number of rotatable bonds is 4. The van der Waals surface area contributed by atoms with Gasteiger partial charge in [-0.3, -0.25) is 5.32 Å². The third kappa shape index (κ3) is 4.88. The molecule has 9 aromatic carbocycles. The van der Waals surface area contributed by atoms with Gasteiger partial charge in [-0.25, -0.2) is 4.99 Å². The lowest BCUT2D eigenvalue weighted by Crippen LogP contribution is -2.45. The fourth-order valence-electron chi connectivity index (χ4n) is 8.84. The van der Waals surface area contributed by atoms with E-state index in [0.717, 1.165) is 77.5 Å². The van der Waals surface area contributed by atoms with Crippen LogP contribution in [0.2, 0.25) is 0 Å². The first-order chi connectivity index (χ1) is 27.7. The molecule has 0 radical (unpaired) electrons. The molecule has 0 saturated carbocycles. The molecular weight excluding hydrogens is 687 g/mol. The van der Waals surface area contributed by atoms with Crippen molar-refractivity contribution in [3.8, 4) is 11.1 Å². The van der Waals surface area contributed by atoms with E-state index in [9.17, 15) is 0 Å². The Morgan fingerprint density at radius 1 is 0.429 bits per heavy atom. The number of amidine groups is 1. The number of furan rings is 2. The van der Waals surface area contributed by atoms with Crippen LogP contribution in [0.3, 0.4) is 0 Å². The second-order valence-electron chi connectivity index (χ2n) is 14.8. The van der Waals surface area contributed by atoms with Gasteiger partial charge in [-0.05, 0) is 91.5 Å². The lowest BCUT2D eigenvalue weighted by molar-refractivity contribution is 0.411. The Balaban J connectivity index is 1.01. The van der Waals surface area contributed by atoms with Gasteiger partial charge in [-0.15, -0.1) is 0 Å². The van der Waals surface area contributed by atoms with Gasteiger partial charge in [0.25, 0.3) is 0 Å². The van der Waals surface area contributed by atoms with E-state index in [0.29, 0.717) is 0 Å². The first-order valence-electron chi connectivity index (χ1n) is 19.1. The van der Waals surface area contributed by atoms with Crippen LogP contribution in [0, 0.1) is 0 Å². The molecule has 5 nitrogen and oxygen atoms in total. The van der Waals surface area contributed by atoms with Crippen molar-refractivity contribution in [2.24, 2.45) is 4.99 Å². The van der Waals surface area contributed by atoms with Gasteiger partial charge in [0, 0.05) is 32.7 Å². The molecule has 0 spiro atoms. The largest absolute Gasteiger partial charge is 0.456 e. The van der Waals surface area contributed by atoms with Crippen molar-refractivity contribution in [1.82, 2.24) is 10.6 Å². The van der Waals surface area contributed by atoms with Crippen molar-refractivity contribution in [1.29, 1.82) is 0 Å². The Bertz CT molecular complexity index is 3390. The summed E-state index contributed by atoms with van der Waals surface area (Å²) in [5.41, 5.74) is 8.92. The third-order valence-corrected chi connectivity index (χ3v) is 11.5. The van der Waals surface area contributed by atoms with Gasteiger partial charge in [0.05, 0.1) is 0 Å². The Kier molecular flexibility index (Phi) is 6.76. The van der Waals surface area contributed by atoms with E-state index in [1.54, 1.807) is 0 Å². The molecule has 11 aromatic rings. The van der Waals surface area contributed by atoms with Gasteiger partial charge in [0.1, 0.15) is 40.5 Å². The van der Waals surface area contributed by atoms with Crippen LogP contribution in [-0.4, -0.2) is 5.84 Å². The van der Waals surface area contributed by atoms with Crippen LogP contribution in [0.25, 0.3) is 87.3 Å². The number of benzene rings is 9. The Hall–Kier alpha value is -7.21. The van der Waals surface area contributed by atoms with E-state index >= 15 is 0 Å². The molecule has 2 aromatic heterocycles. The summed E-state index contributed by atoms with van der Waals surface area (Å²) < 4.78 is 13.0. The normalized spacial score (nSPS) is 16.0. The van der Waals surface area contributed by atoms with Crippen LogP contribution in [-0.2, 0) is 0 Å².